The van der Waals surface area contributed by atoms with Gasteiger partial charge in [-0.25, -0.2) is 0 Å². The first kappa shape index (κ1) is 18.4. The topological polar surface area (TPSA) is 71.4 Å². The van der Waals surface area contributed by atoms with E-state index in [-0.39, 0.29) is 22.7 Å². The van der Waals surface area contributed by atoms with Crippen molar-refractivity contribution in [1.29, 1.82) is 0 Å². The number of rotatable bonds is 4. The molecule has 1 N–H and O–H groups in total. The van der Waals surface area contributed by atoms with E-state index in [1.165, 1.54) is 11.3 Å². The van der Waals surface area contributed by atoms with Crippen molar-refractivity contribution in [1.82, 2.24) is 4.57 Å². The zero-order valence-electron chi connectivity index (χ0n) is 15.8. The minimum absolute atomic E-state index is 0.00328. The summed E-state index contributed by atoms with van der Waals surface area (Å²) >= 11 is 1.18. The van der Waals surface area contributed by atoms with Crippen LogP contribution in [0.1, 0.15) is 43.1 Å². The first-order valence-corrected chi connectivity index (χ1v) is 10.1. The maximum absolute atomic E-state index is 12.7. The number of benzene rings is 2. The predicted molar refractivity (Wildman–Crippen MR) is 112 cm³/mol. The van der Waals surface area contributed by atoms with Crippen LogP contribution < -0.4 is 15.1 Å². The van der Waals surface area contributed by atoms with E-state index in [1.54, 1.807) is 33.7 Å². The molecule has 0 spiro atoms. The molecule has 144 valence electrons. The van der Waals surface area contributed by atoms with Gasteiger partial charge in [0.2, 0.25) is 5.91 Å². The molecule has 1 fully saturated rings. The molecule has 0 aliphatic carbocycles. The third-order valence-electron chi connectivity index (χ3n) is 4.88. The molecule has 2 heterocycles. The lowest BCUT2D eigenvalue weighted by Gasteiger charge is -2.16. The summed E-state index contributed by atoms with van der Waals surface area (Å²) in [5.74, 6) is -0.156. The number of carbonyl (C=O) groups excluding carboxylic acids is 2. The highest BCUT2D eigenvalue weighted by molar-refractivity contribution is 7.16. The molecular weight excluding hydrogens is 374 g/mol. The number of hydrogen-bond donors (Lipinski definition) is 1. The maximum Gasteiger partial charge on any atom is 0.308 e. The van der Waals surface area contributed by atoms with Crippen molar-refractivity contribution < 1.29 is 9.59 Å². The molecular formula is C21H21N3O3S. The zero-order valence-corrected chi connectivity index (χ0v) is 16.6. The number of anilines is 2. The number of thiazole rings is 1. The van der Waals surface area contributed by atoms with Crippen LogP contribution in [0.4, 0.5) is 11.4 Å². The van der Waals surface area contributed by atoms with Gasteiger partial charge in [0.25, 0.3) is 5.91 Å². The van der Waals surface area contributed by atoms with Crippen molar-refractivity contribution in [3.8, 4) is 0 Å². The molecule has 1 aliphatic heterocycles. The summed E-state index contributed by atoms with van der Waals surface area (Å²) in [7, 11) is 0. The van der Waals surface area contributed by atoms with Crippen LogP contribution in [-0.2, 0) is 4.79 Å². The lowest BCUT2D eigenvalue weighted by molar-refractivity contribution is -0.117. The average molecular weight is 395 g/mol. The molecule has 1 aromatic heterocycles. The normalized spacial score (nSPS) is 14.2. The van der Waals surface area contributed by atoms with Gasteiger partial charge in [0.1, 0.15) is 0 Å². The SMILES string of the molecule is CC(C)n1c(=O)sc2cc(NC(=O)c3cccc(N4CCCC4=O)c3)ccc21. The Morgan fingerprint density at radius 1 is 1.14 bits per heavy atom. The molecule has 3 aromatic rings. The minimum Gasteiger partial charge on any atom is -0.322 e. The van der Waals surface area contributed by atoms with Gasteiger partial charge < -0.3 is 10.2 Å². The fraction of sp³-hybridized carbons (Fsp3) is 0.286. The van der Waals surface area contributed by atoms with Crippen molar-refractivity contribution in [3.05, 3.63) is 57.7 Å². The fourth-order valence-electron chi connectivity index (χ4n) is 3.54. The summed E-state index contributed by atoms with van der Waals surface area (Å²) in [6, 6.07) is 12.7. The van der Waals surface area contributed by atoms with Gasteiger partial charge in [-0.2, -0.15) is 0 Å². The Morgan fingerprint density at radius 3 is 2.68 bits per heavy atom. The molecule has 0 unspecified atom stereocenters. The molecule has 0 atom stereocenters. The summed E-state index contributed by atoms with van der Waals surface area (Å²) < 4.78 is 2.59. The van der Waals surface area contributed by atoms with Crippen molar-refractivity contribution >= 4 is 44.7 Å². The second-order valence-electron chi connectivity index (χ2n) is 7.17. The standard InChI is InChI=1S/C21H21N3O3S/c1-13(2)24-17-9-8-15(12-18(17)28-21(24)27)22-20(26)14-5-3-6-16(11-14)23-10-4-7-19(23)25/h3,5-6,8-9,11-13H,4,7,10H2,1-2H3,(H,22,26). The van der Waals surface area contributed by atoms with Gasteiger partial charge in [-0.15, -0.1) is 0 Å². The van der Waals surface area contributed by atoms with Crippen LogP contribution in [0.5, 0.6) is 0 Å². The number of amides is 2. The predicted octanol–water partition coefficient (Wildman–Crippen LogP) is 4.02. The number of hydrogen-bond acceptors (Lipinski definition) is 4. The van der Waals surface area contributed by atoms with Crippen LogP contribution in [0.3, 0.4) is 0 Å². The monoisotopic (exact) mass is 395 g/mol. The van der Waals surface area contributed by atoms with Crippen LogP contribution in [0.2, 0.25) is 0 Å². The molecule has 2 aromatic carbocycles. The smallest absolute Gasteiger partial charge is 0.308 e. The summed E-state index contributed by atoms with van der Waals surface area (Å²) in [6.07, 6.45) is 1.39. The molecule has 0 radical (unpaired) electrons. The number of fused-ring (bicyclic) bond motifs is 1. The van der Waals surface area contributed by atoms with E-state index in [0.29, 0.717) is 24.2 Å². The Labute approximate surface area is 166 Å². The Balaban J connectivity index is 1.58. The Morgan fingerprint density at radius 2 is 1.96 bits per heavy atom. The van der Waals surface area contributed by atoms with E-state index < -0.39 is 0 Å². The highest BCUT2D eigenvalue weighted by Gasteiger charge is 2.22. The number of carbonyl (C=O) groups is 2. The second kappa shape index (κ2) is 7.24. The largest absolute Gasteiger partial charge is 0.322 e. The van der Waals surface area contributed by atoms with Crippen LogP contribution in [-0.4, -0.2) is 22.9 Å². The molecule has 6 nitrogen and oxygen atoms in total. The zero-order chi connectivity index (χ0) is 19.8. The van der Waals surface area contributed by atoms with Crippen LogP contribution >= 0.6 is 11.3 Å². The van der Waals surface area contributed by atoms with Crippen molar-refractivity contribution in [2.75, 3.05) is 16.8 Å². The van der Waals surface area contributed by atoms with E-state index >= 15 is 0 Å². The first-order chi connectivity index (χ1) is 13.4. The van der Waals surface area contributed by atoms with Crippen LogP contribution in [0, 0.1) is 0 Å². The van der Waals surface area contributed by atoms with Gasteiger partial charge >= 0.3 is 4.87 Å². The molecule has 0 bridgehead atoms. The Hall–Kier alpha value is -2.93. The van der Waals surface area contributed by atoms with Gasteiger partial charge in [-0.05, 0) is 56.7 Å². The first-order valence-electron chi connectivity index (χ1n) is 9.31. The molecule has 7 heteroatoms. The molecule has 1 saturated heterocycles. The van der Waals surface area contributed by atoms with E-state index in [9.17, 15) is 14.4 Å². The summed E-state index contributed by atoms with van der Waals surface area (Å²) in [5.41, 5.74) is 2.75. The fourth-order valence-corrected chi connectivity index (χ4v) is 4.60. The second-order valence-corrected chi connectivity index (χ2v) is 8.16. The molecule has 28 heavy (non-hydrogen) atoms. The summed E-state index contributed by atoms with van der Waals surface area (Å²) in [6.45, 7) is 4.63. The lowest BCUT2D eigenvalue weighted by atomic mass is 10.1. The van der Waals surface area contributed by atoms with E-state index in [1.807, 2.05) is 32.0 Å². The third-order valence-corrected chi connectivity index (χ3v) is 5.80. The quantitative estimate of drug-likeness (QED) is 0.725. The third kappa shape index (κ3) is 3.33. The van der Waals surface area contributed by atoms with Crippen LogP contribution in [0.25, 0.3) is 10.2 Å². The van der Waals surface area contributed by atoms with Gasteiger partial charge in [-0.1, -0.05) is 17.4 Å². The van der Waals surface area contributed by atoms with Gasteiger partial charge in [0.05, 0.1) is 10.2 Å². The van der Waals surface area contributed by atoms with E-state index in [0.717, 1.165) is 22.3 Å². The number of nitrogens with one attached hydrogen (secondary N) is 1. The molecule has 1 aliphatic rings. The van der Waals surface area contributed by atoms with E-state index in [2.05, 4.69) is 5.32 Å². The lowest BCUT2D eigenvalue weighted by Crippen LogP contribution is -2.24. The van der Waals surface area contributed by atoms with Crippen LogP contribution in [0.15, 0.2) is 47.3 Å². The van der Waals surface area contributed by atoms with Crippen molar-refractivity contribution in [3.63, 3.8) is 0 Å². The Bertz CT molecular complexity index is 1130. The van der Waals surface area contributed by atoms with Gasteiger partial charge in [-0.3, -0.25) is 19.0 Å². The number of aromatic nitrogens is 1. The summed E-state index contributed by atoms with van der Waals surface area (Å²) in [4.78, 5) is 38.5. The maximum atomic E-state index is 12.7. The Kier molecular flexibility index (Phi) is 4.77. The minimum atomic E-state index is -0.247. The van der Waals surface area contributed by atoms with Gasteiger partial charge in [0.15, 0.2) is 0 Å². The highest BCUT2D eigenvalue weighted by Crippen LogP contribution is 2.26. The van der Waals surface area contributed by atoms with Crippen molar-refractivity contribution in [2.24, 2.45) is 0 Å². The average Bonchev–Trinajstić information content (AvgIpc) is 3.23. The van der Waals surface area contributed by atoms with Crippen molar-refractivity contribution in [2.45, 2.75) is 32.7 Å². The van der Waals surface area contributed by atoms with E-state index in [4.69, 9.17) is 0 Å². The molecule has 4 rings (SSSR count). The molecule has 2 amide bonds. The molecule has 0 saturated carbocycles. The highest BCUT2D eigenvalue weighted by atomic mass is 32.1. The number of nitrogens with zero attached hydrogens (tertiary/aromatic N) is 2. The van der Waals surface area contributed by atoms with Gasteiger partial charge in [0, 0.05) is 35.9 Å². The summed E-state index contributed by atoms with van der Waals surface area (Å²) in [5, 5.41) is 2.89.